The van der Waals surface area contributed by atoms with Gasteiger partial charge in [-0.25, -0.2) is 0 Å². The Bertz CT molecular complexity index is 697. The number of carbonyl (C=O) groups excluding carboxylic acids is 1. The fraction of sp³-hybridized carbons (Fsp3) is 0.708. The number of piperazine rings is 2. The molecule has 0 spiro atoms. The maximum Gasteiger partial charge on any atom is 0.225 e. The molecule has 5 heteroatoms. The summed E-state index contributed by atoms with van der Waals surface area (Å²) in [6.45, 7) is 10.6. The van der Waals surface area contributed by atoms with Gasteiger partial charge in [0.05, 0.1) is 7.11 Å². The van der Waals surface area contributed by atoms with Crippen LogP contribution < -0.4 is 4.74 Å². The van der Waals surface area contributed by atoms with E-state index in [1.54, 1.807) is 7.11 Å². The molecule has 1 aromatic carbocycles. The molecule has 2 aliphatic heterocycles. The number of methoxy groups -OCH3 is 1. The molecule has 2 heterocycles. The fourth-order valence-electron chi connectivity index (χ4n) is 5.73. The van der Waals surface area contributed by atoms with Gasteiger partial charge in [0.1, 0.15) is 5.75 Å². The lowest BCUT2D eigenvalue weighted by molar-refractivity contribution is -0.144. The van der Waals surface area contributed by atoms with Gasteiger partial charge in [-0.05, 0) is 44.4 Å². The fourth-order valence-corrected chi connectivity index (χ4v) is 5.73. The van der Waals surface area contributed by atoms with Crippen LogP contribution in [-0.2, 0) is 11.3 Å². The Hall–Kier alpha value is -1.59. The first-order chi connectivity index (χ1) is 14.0. The van der Waals surface area contributed by atoms with Crippen LogP contribution in [0.25, 0.3) is 0 Å². The van der Waals surface area contributed by atoms with E-state index in [1.807, 2.05) is 12.1 Å². The van der Waals surface area contributed by atoms with E-state index in [9.17, 15) is 4.79 Å². The van der Waals surface area contributed by atoms with Crippen LogP contribution in [0.5, 0.6) is 5.75 Å². The second kappa shape index (κ2) is 8.65. The first-order valence-corrected chi connectivity index (χ1v) is 11.4. The molecule has 0 N–H and O–H groups in total. The highest BCUT2D eigenvalue weighted by Gasteiger charge is 2.43. The molecular formula is C24H37N3O2. The minimum absolute atomic E-state index is 0.134. The second-order valence-corrected chi connectivity index (χ2v) is 9.80. The summed E-state index contributed by atoms with van der Waals surface area (Å²) in [5, 5.41) is 0. The van der Waals surface area contributed by atoms with Gasteiger partial charge in [-0.1, -0.05) is 31.4 Å². The van der Waals surface area contributed by atoms with E-state index in [1.165, 1.54) is 24.8 Å². The van der Waals surface area contributed by atoms with E-state index in [0.717, 1.165) is 57.9 Å². The van der Waals surface area contributed by atoms with Crippen molar-refractivity contribution in [1.82, 2.24) is 14.7 Å². The van der Waals surface area contributed by atoms with Crippen molar-refractivity contribution < 1.29 is 9.53 Å². The Morgan fingerprint density at radius 3 is 2.48 bits per heavy atom. The Morgan fingerprint density at radius 2 is 1.79 bits per heavy atom. The van der Waals surface area contributed by atoms with E-state index in [-0.39, 0.29) is 11.5 Å². The number of rotatable bonds is 4. The van der Waals surface area contributed by atoms with Crippen LogP contribution in [0.1, 0.15) is 51.5 Å². The standard InChI is InChI=1S/C24H37N3O2/c1-24(2)18-25(15-19-9-11-22(29-3)12-10-19)16-21-17-26(13-14-27(21)24)23(28)20-7-5-4-6-8-20/h9-12,20-21H,4-8,13-18H2,1-3H3/t21-/m1/s1. The highest BCUT2D eigenvalue weighted by atomic mass is 16.5. The summed E-state index contributed by atoms with van der Waals surface area (Å²) in [6.07, 6.45) is 5.94. The number of hydrogen-bond donors (Lipinski definition) is 0. The average molecular weight is 400 g/mol. The van der Waals surface area contributed by atoms with Crippen LogP contribution in [0.4, 0.5) is 0 Å². The summed E-state index contributed by atoms with van der Waals surface area (Å²) >= 11 is 0. The number of amides is 1. The molecule has 4 rings (SSSR count). The minimum atomic E-state index is 0.134. The molecule has 160 valence electrons. The number of carbonyl (C=O) groups is 1. The van der Waals surface area contributed by atoms with Crippen molar-refractivity contribution in [2.24, 2.45) is 5.92 Å². The van der Waals surface area contributed by atoms with Crippen LogP contribution in [0.15, 0.2) is 24.3 Å². The summed E-state index contributed by atoms with van der Waals surface area (Å²) in [7, 11) is 1.71. The number of ether oxygens (including phenoxy) is 1. The Morgan fingerprint density at radius 1 is 1.07 bits per heavy atom. The molecule has 1 atom stereocenters. The Balaban J connectivity index is 1.41. The van der Waals surface area contributed by atoms with E-state index in [2.05, 4.69) is 40.7 Å². The summed E-state index contributed by atoms with van der Waals surface area (Å²) in [5.74, 6) is 1.61. The summed E-state index contributed by atoms with van der Waals surface area (Å²) < 4.78 is 5.29. The van der Waals surface area contributed by atoms with Gasteiger partial charge in [0.2, 0.25) is 5.91 Å². The lowest BCUT2D eigenvalue weighted by Crippen LogP contribution is -2.70. The molecule has 1 aliphatic carbocycles. The van der Waals surface area contributed by atoms with Gasteiger partial charge in [-0.2, -0.15) is 0 Å². The molecule has 3 fully saturated rings. The SMILES string of the molecule is COc1ccc(CN2C[C@@H]3CN(C(=O)C4CCCCC4)CCN3C(C)(C)C2)cc1. The van der Waals surface area contributed by atoms with Crippen LogP contribution in [0, 0.1) is 5.92 Å². The molecule has 1 saturated carbocycles. The zero-order valence-corrected chi connectivity index (χ0v) is 18.4. The topological polar surface area (TPSA) is 36.0 Å². The minimum Gasteiger partial charge on any atom is -0.497 e. The van der Waals surface area contributed by atoms with Gasteiger partial charge < -0.3 is 9.64 Å². The van der Waals surface area contributed by atoms with E-state index in [0.29, 0.717) is 11.9 Å². The van der Waals surface area contributed by atoms with Gasteiger partial charge >= 0.3 is 0 Å². The van der Waals surface area contributed by atoms with Crippen LogP contribution in [0.2, 0.25) is 0 Å². The number of nitrogens with zero attached hydrogens (tertiary/aromatic N) is 3. The van der Waals surface area contributed by atoms with E-state index in [4.69, 9.17) is 4.74 Å². The van der Waals surface area contributed by atoms with Crippen molar-refractivity contribution in [3.63, 3.8) is 0 Å². The van der Waals surface area contributed by atoms with Crippen molar-refractivity contribution in [3.8, 4) is 5.75 Å². The van der Waals surface area contributed by atoms with Gasteiger partial charge in [-0.15, -0.1) is 0 Å². The summed E-state index contributed by atoms with van der Waals surface area (Å²) in [6, 6.07) is 8.85. The molecule has 1 aromatic rings. The third kappa shape index (κ3) is 4.61. The molecule has 0 aromatic heterocycles. The largest absolute Gasteiger partial charge is 0.497 e. The first-order valence-electron chi connectivity index (χ1n) is 11.4. The molecule has 2 saturated heterocycles. The zero-order chi connectivity index (χ0) is 20.4. The van der Waals surface area contributed by atoms with Gasteiger partial charge in [0, 0.05) is 56.8 Å². The van der Waals surface area contributed by atoms with Gasteiger partial charge in [-0.3, -0.25) is 14.6 Å². The molecule has 0 bridgehead atoms. The normalized spacial score (nSPS) is 26.2. The highest BCUT2D eigenvalue weighted by molar-refractivity contribution is 5.79. The third-order valence-corrected chi connectivity index (χ3v) is 7.17. The number of hydrogen-bond acceptors (Lipinski definition) is 4. The first kappa shape index (κ1) is 20.7. The van der Waals surface area contributed by atoms with Gasteiger partial charge in [0.15, 0.2) is 0 Å². The van der Waals surface area contributed by atoms with Crippen molar-refractivity contribution in [1.29, 1.82) is 0 Å². The smallest absolute Gasteiger partial charge is 0.225 e. The monoisotopic (exact) mass is 399 g/mol. The summed E-state index contributed by atoms with van der Waals surface area (Å²) in [4.78, 5) is 20.5. The molecule has 5 nitrogen and oxygen atoms in total. The lowest BCUT2D eigenvalue weighted by atomic mass is 9.87. The summed E-state index contributed by atoms with van der Waals surface area (Å²) in [5.41, 5.74) is 1.45. The molecule has 1 amide bonds. The number of fused-ring (bicyclic) bond motifs is 1. The van der Waals surface area contributed by atoms with E-state index < -0.39 is 0 Å². The number of benzene rings is 1. The third-order valence-electron chi connectivity index (χ3n) is 7.17. The molecule has 3 aliphatic rings. The highest BCUT2D eigenvalue weighted by Crippen LogP contribution is 2.31. The van der Waals surface area contributed by atoms with Gasteiger partial charge in [0.25, 0.3) is 0 Å². The molecule has 0 unspecified atom stereocenters. The van der Waals surface area contributed by atoms with E-state index >= 15 is 0 Å². The second-order valence-electron chi connectivity index (χ2n) is 9.80. The Labute approximate surface area is 176 Å². The van der Waals surface area contributed by atoms with Crippen molar-refractivity contribution in [3.05, 3.63) is 29.8 Å². The quantitative estimate of drug-likeness (QED) is 0.778. The Kier molecular flexibility index (Phi) is 6.16. The van der Waals surface area contributed by atoms with Crippen LogP contribution >= 0.6 is 0 Å². The van der Waals surface area contributed by atoms with Crippen molar-refractivity contribution in [2.45, 2.75) is 64.1 Å². The zero-order valence-electron chi connectivity index (χ0n) is 18.4. The van der Waals surface area contributed by atoms with Crippen molar-refractivity contribution in [2.75, 3.05) is 39.8 Å². The molecular weight excluding hydrogens is 362 g/mol. The van der Waals surface area contributed by atoms with Crippen LogP contribution in [0.3, 0.4) is 0 Å². The maximum absolute atomic E-state index is 13.1. The van der Waals surface area contributed by atoms with Crippen molar-refractivity contribution >= 4 is 5.91 Å². The van der Waals surface area contributed by atoms with Crippen LogP contribution in [-0.4, -0.2) is 72.0 Å². The lowest BCUT2D eigenvalue weighted by Gasteiger charge is -2.56. The average Bonchev–Trinajstić information content (AvgIpc) is 2.73. The predicted octanol–water partition coefficient (Wildman–Crippen LogP) is 3.38. The molecule has 0 radical (unpaired) electrons. The maximum atomic E-state index is 13.1. The predicted molar refractivity (Wildman–Crippen MR) is 116 cm³/mol. The molecule has 29 heavy (non-hydrogen) atoms.